The third-order valence-corrected chi connectivity index (χ3v) is 3.64. The number of piperazine rings is 1. The maximum atomic E-state index is 11.6. The van der Waals surface area contributed by atoms with Gasteiger partial charge in [-0.05, 0) is 39.7 Å². The summed E-state index contributed by atoms with van der Waals surface area (Å²) in [5.41, 5.74) is -0.418. The number of alkyl carbamates (subject to hydrolysis) is 1. The molecule has 2 aliphatic heterocycles. The molecular formula is C13H25N3O2. The van der Waals surface area contributed by atoms with Crippen molar-refractivity contribution in [1.82, 2.24) is 15.5 Å². The molecular weight excluding hydrogens is 230 g/mol. The fourth-order valence-corrected chi connectivity index (χ4v) is 2.80. The third-order valence-electron chi connectivity index (χ3n) is 3.64. The lowest BCUT2D eigenvalue weighted by Crippen LogP contribution is -2.51. The highest BCUT2D eigenvalue weighted by Gasteiger charge is 2.35. The maximum absolute atomic E-state index is 11.6. The summed E-state index contributed by atoms with van der Waals surface area (Å²) >= 11 is 0. The Hall–Kier alpha value is -0.810. The first-order chi connectivity index (χ1) is 8.46. The number of nitrogens with zero attached hydrogens (tertiary/aromatic N) is 1. The highest BCUT2D eigenvalue weighted by atomic mass is 16.6. The Bertz CT molecular complexity index is 301. The van der Waals surface area contributed by atoms with Crippen LogP contribution >= 0.6 is 0 Å². The van der Waals surface area contributed by atoms with Gasteiger partial charge in [0, 0.05) is 32.2 Å². The second kappa shape index (κ2) is 5.45. The van der Waals surface area contributed by atoms with Gasteiger partial charge in [-0.1, -0.05) is 0 Å². The molecule has 5 nitrogen and oxygen atoms in total. The Morgan fingerprint density at radius 3 is 2.94 bits per heavy atom. The molecule has 5 heteroatoms. The van der Waals surface area contributed by atoms with Crippen LogP contribution < -0.4 is 10.6 Å². The first kappa shape index (κ1) is 13.6. The van der Waals surface area contributed by atoms with E-state index >= 15 is 0 Å². The average Bonchev–Trinajstić information content (AvgIpc) is 2.67. The number of amides is 1. The number of carbonyl (C=O) groups excluding carboxylic acids is 1. The number of hydrogen-bond acceptors (Lipinski definition) is 4. The Kier molecular flexibility index (Phi) is 4.12. The number of carbonyl (C=O) groups is 1. The molecule has 2 fully saturated rings. The largest absolute Gasteiger partial charge is 0.444 e. The van der Waals surface area contributed by atoms with Gasteiger partial charge in [0.25, 0.3) is 0 Å². The first-order valence-electron chi connectivity index (χ1n) is 6.87. The third kappa shape index (κ3) is 3.59. The van der Waals surface area contributed by atoms with Gasteiger partial charge in [-0.2, -0.15) is 0 Å². The van der Waals surface area contributed by atoms with Gasteiger partial charge in [0.15, 0.2) is 0 Å². The lowest BCUT2D eigenvalue weighted by Gasteiger charge is -2.33. The van der Waals surface area contributed by atoms with E-state index in [4.69, 9.17) is 4.74 Å². The first-order valence-corrected chi connectivity index (χ1v) is 6.87. The molecule has 2 heterocycles. The minimum Gasteiger partial charge on any atom is -0.444 e. The summed E-state index contributed by atoms with van der Waals surface area (Å²) in [7, 11) is 0. The normalized spacial score (nSPS) is 28.8. The van der Waals surface area contributed by atoms with Gasteiger partial charge in [0.2, 0.25) is 0 Å². The Morgan fingerprint density at radius 2 is 2.22 bits per heavy atom. The van der Waals surface area contributed by atoms with E-state index in [2.05, 4.69) is 15.5 Å². The zero-order chi connectivity index (χ0) is 13.2. The van der Waals surface area contributed by atoms with Crippen LogP contribution in [-0.4, -0.2) is 55.4 Å². The van der Waals surface area contributed by atoms with Gasteiger partial charge in [-0.25, -0.2) is 4.79 Å². The van der Waals surface area contributed by atoms with Crippen LogP contribution in [0.15, 0.2) is 0 Å². The van der Waals surface area contributed by atoms with Gasteiger partial charge in [-0.15, -0.1) is 0 Å². The van der Waals surface area contributed by atoms with Crippen molar-refractivity contribution >= 4 is 6.09 Å². The van der Waals surface area contributed by atoms with Gasteiger partial charge >= 0.3 is 6.09 Å². The minimum atomic E-state index is -0.418. The standard InChI is InChI=1S/C13H25N3O2/c1-13(2,3)18-12(17)15-8-10-4-6-16-7-5-14-9-11(10)16/h10-11,14H,4-9H2,1-3H3,(H,15,17). The molecule has 0 saturated carbocycles. The smallest absolute Gasteiger partial charge is 0.407 e. The molecule has 0 aromatic heterocycles. The van der Waals surface area contributed by atoms with E-state index in [0.717, 1.165) is 32.7 Å². The van der Waals surface area contributed by atoms with E-state index in [1.165, 1.54) is 6.42 Å². The number of fused-ring (bicyclic) bond motifs is 1. The molecule has 2 N–H and O–H groups in total. The van der Waals surface area contributed by atoms with E-state index < -0.39 is 5.60 Å². The summed E-state index contributed by atoms with van der Waals surface area (Å²) in [6.45, 7) is 10.8. The van der Waals surface area contributed by atoms with Crippen LogP contribution in [0.1, 0.15) is 27.2 Å². The van der Waals surface area contributed by atoms with Crippen LogP contribution in [-0.2, 0) is 4.74 Å². The molecule has 104 valence electrons. The summed E-state index contributed by atoms with van der Waals surface area (Å²) in [5.74, 6) is 0.547. The molecule has 2 aliphatic rings. The second-order valence-electron chi connectivity index (χ2n) is 6.24. The highest BCUT2D eigenvalue weighted by Crippen LogP contribution is 2.24. The number of rotatable bonds is 2. The SMILES string of the molecule is CC(C)(C)OC(=O)NCC1CCN2CCNCC12. The highest BCUT2D eigenvalue weighted by molar-refractivity contribution is 5.67. The lowest BCUT2D eigenvalue weighted by atomic mass is 9.99. The fourth-order valence-electron chi connectivity index (χ4n) is 2.80. The van der Waals surface area contributed by atoms with E-state index in [-0.39, 0.29) is 6.09 Å². The van der Waals surface area contributed by atoms with Gasteiger partial charge in [0.1, 0.15) is 5.60 Å². The molecule has 18 heavy (non-hydrogen) atoms. The van der Waals surface area contributed by atoms with E-state index in [1.54, 1.807) is 0 Å². The van der Waals surface area contributed by atoms with Crippen molar-refractivity contribution in [3.63, 3.8) is 0 Å². The summed E-state index contributed by atoms with van der Waals surface area (Å²) in [6, 6.07) is 0.577. The van der Waals surface area contributed by atoms with Crippen LogP contribution in [0.5, 0.6) is 0 Å². The van der Waals surface area contributed by atoms with Crippen molar-refractivity contribution < 1.29 is 9.53 Å². The van der Waals surface area contributed by atoms with Crippen molar-refractivity contribution in [2.45, 2.75) is 38.8 Å². The number of ether oxygens (including phenoxy) is 1. The fraction of sp³-hybridized carbons (Fsp3) is 0.923. The van der Waals surface area contributed by atoms with Crippen molar-refractivity contribution in [2.24, 2.45) is 5.92 Å². The Morgan fingerprint density at radius 1 is 1.44 bits per heavy atom. The van der Waals surface area contributed by atoms with Crippen LogP contribution in [0.25, 0.3) is 0 Å². The maximum Gasteiger partial charge on any atom is 0.407 e. The molecule has 2 unspecified atom stereocenters. The van der Waals surface area contributed by atoms with Crippen LogP contribution in [0.2, 0.25) is 0 Å². The summed E-state index contributed by atoms with van der Waals surface area (Å²) in [6.07, 6.45) is 0.868. The molecule has 0 aromatic rings. The van der Waals surface area contributed by atoms with Gasteiger partial charge in [0.05, 0.1) is 0 Å². The van der Waals surface area contributed by atoms with E-state index in [0.29, 0.717) is 12.0 Å². The Labute approximate surface area is 109 Å². The van der Waals surface area contributed by atoms with Crippen LogP contribution in [0.4, 0.5) is 4.79 Å². The van der Waals surface area contributed by atoms with Crippen molar-refractivity contribution in [2.75, 3.05) is 32.7 Å². The predicted octanol–water partition coefficient (Wildman–Crippen LogP) is 0.805. The molecule has 2 rings (SSSR count). The Balaban J connectivity index is 1.75. The topological polar surface area (TPSA) is 53.6 Å². The molecule has 0 radical (unpaired) electrons. The monoisotopic (exact) mass is 255 g/mol. The molecule has 1 amide bonds. The zero-order valence-corrected chi connectivity index (χ0v) is 11.7. The zero-order valence-electron chi connectivity index (χ0n) is 11.7. The molecule has 2 saturated heterocycles. The quantitative estimate of drug-likeness (QED) is 0.766. The van der Waals surface area contributed by atoms with Crippen molar-refractivity contribution in [3.05, 3.63) is 0 Å². The lowest BCUT2D eigenvalue weighted by molar-refractivity contribution is 0.0513. The van der Waals surface area contributed by atoms with Crippen LogP contribution in [0.3, 0.4) is 0 Å². The summed E-state index contributed by atoms with van der Waals surface area (Å²) in [4.78, 5) is 14.1. The van der Waals surface area contributed by atoms with Crippen LogP contribution in [0, 0.1) is 5.92 Å². The van der Waals surface area contributed by atoms with Crippen molar-refractivity contribution in [3.8, 4) is 0 Å². The summed E-state index contributed by atoms with van der Waals surface area (Å²) in [5, 5.41) is 6.32. The average molecular weight is 255 g/mol. The molecule has 0 aliphatic carbocycles. The van der Waals surface area contributed by atoms with Crippen molar-refractivity contribution in [1.29, 1.82) is 0 Å². The van der Waals surface area contributed by atoms with Gasteiger partial charge in [-0.3, -0.25) is 4.90 Å². The summed E-state index contributed by atoms with van der Waals surface area (Å²) < 4.78 is 5.25. The second-order valence-corrected chi connectivity index (χ2v) is 6.24. The number of nitrogens with one attached hydrogen (secondary N) is 2. The minimum absolute atomic E-state index is 0.301. The molecule has 0 spiro atoms. The molecule has 0 aromatic carbocycles. The number of hydrogen-bond donors (Lipinski definition) is 2. The van der Waals surface area contributed by atoms with E-state index in [9.17, 15) is 4.79 Å². The van der Waals surface area contributed by atoms with Gasteiger partial charge < -0.3 is 15.4 Å². The van der Waals surface area contributed by atoms with E-state index in [1.807, 2.05) is 20.8 Å². The molecule has 2 atom stereocenters. The predicted molar refractivity (Wildman–Crippen MR) is 70.6 cm³/mol. The molecule has 0 bridgehead atoms.